The number of para-hydroxylation sites is 2. The van der Waals surface area contributed by atoms with Crippen molar-refractivity contribution >= 4 is 86.3 Å². The molecule has 5 aromatic carbocycles. The summed E-state index contributed by atoms with van der Waals surface area (Å²) < 4.78 is 10.3. The van der Waals surface area contributed by atoms with Gasteiger partial charge in [0, 0.05) is 52.1 Å². The van der Waals surface area contributed by atoms with Crippen molar-refractivity contribution in [3.8, 4) is 42.9 Å². The molecule has 0 saturated heterocycles. The number of benzene rings is 5. The lowest BCUT2D eigenvalue weighted by atomic mass is 9.95. The van der Waals surface area contributed by atoms with Crippen LogP contribution in [0.25, 0.3) is 95.2 Å². The number of fused-ring (bicyclic) bond motifs is 5. The highest BCUT2D eigenvalue weighted by Gasteiger charge is 2.26. The maximum absolute atomic E-state index is 6.61. The molecule has 6 heteroatoms. The summed E-state index contributed by atoms with van der Waals surface area (Å²) in [6, 6.07) is 45.3. The van der Waals surface area contributed by atoms with Gasteiger partial charge in [0.25, 0.3) is 0 Å². The summed E-state index contributed by atoms with van der Waals surface area (Å²) in [5, 5.41) is 5.75. The van der Waals surface area contributed by atoms with E-state index in [1.165, 1.54) is 40.9 Å². The molecule has 45 heavy (non-hydrogen) atoms. The Labute approximate surface area is 269 Å². The van der Waals surface area contributed by atoms with Crippen molar-refractivity contribution in [2.75, 3.05) is 0 Å². The SMILES string of the molecule is c1ccc2[nH]c(-c3nc4c(-c5cc6ccccc6s5)c(-c5cc6ccccc6s5)c(-c5cc6ccccc6o5)cc4s3)cc2c1. The van der Waals surface area contributed by atoms with E-state index in [9.17, 15) is 0 Å². The number of hydrogen-bond acceptors (Lipinski definition) is 5. The third-order valence-electron chi connectivity index (χ3n) is 8.48. The zero-order valence-corrected chi connectivity index (χ0v) is 26.2. The first kappa shape index (κ1) is 25.3. The van der Waals surface area contributed by atoms with Gasteiger partial charge in [-0.15, -0.1) is 34.0 Å². The highest BCUT2D eigenvalue weighted by atomic mass is 32.1. The van der Waals surface area contributed by atoms with E-state index in [-0.39, 0.29) is 0 Å². The molecule has 10 rings (SSSR count). The van der Waals surface area contributed by atoms with Gasteiger partial charge in [-0.1, -0.05) is 72.8 Å². The van der Waals surface area contributed by atoms with Gasteiger partial charge in [-0.2, -0.15) is 0 Å². The van der Waals surface area contributed by atoms with Crippen LogP contribution >= 0.6 is 34.0 Å². The second-order valence-corrected chi connectivity index (χ2v) is 14.5. The van der Waals surface area contributed by atoms with E-state index in [4.69, 9.17) is 9.40 Å². The van der Waals surface area contributed by atoms with Crippen LogP contribution in [0.15, 0.2) is 132 Å². The Morgan fingerprint density at radius 2 is 1.18 bits per heavy atom. The predicted molar refractivity (Wildman–Crippen MR) is 194 cm³/mol. The summed E-state index contributed by atoms with van der Waals surface area (Å²) in [5.74, 6) is 0.869. The normalized spacial score (nSPS) is 12.0. The average molecular weight is 631 g/mol. The maximum Gasteiger partial charge on any atom is 0.140 e. The largest absolute Gasteiger partial charge is 0.456 e. The molecule has 0 fully saturated rings. The molecule has 0 aliphatic heterocycles. The van der Waals surface area contributed by atoms with E-state index in [1.807, 2.05) is 34.8 Å². The van der Waals surface area contributed by atoms with Crippen LogP contribution in [-0.2, 0) is 0 Å². The Bertz CT molecular complexity index is 2600. The second kappa shape index (κ2) is 9.74. The number of rotatable bonds is 4. The summed E-state index contributed by atoms with van der Waals surface area (Å²) in [6.45, 7) is 0. The topological polar surface area (TPSA) is 41.8 Å². The van der Waals surface area contributed by atoms with Gasteiger partial charge in [-0.05, 0) is 65.4 Å². The number of hydrogen-bond donors (Lipinski definition) is 1. The first-order chi connectivity index (χ1) is 22.2. The molecule has 0 saturated carbocycles. The minimum Gasteiger partial charge on any atom is -0.456 e. The molecule has 5 heterocycles. The van der Waals surface area contributed by atoms with Crippen LogP contribution in [0.2, 0.25) is 0 Å². The number of nitrogens with zero attached hydrogens (tertiary/aromatic N) is 1. The van der Waals surface area contributed by atoms with Crippen LogP contribution in [0.3, 0.4) is 0 Å². The summed E-state index contributed by atoms with van der Waals surface area (Å²) in [6.07, 6.45) is 0. The van der Waals surface area contributed by atoms with E-state index in [2.05, 4.69) is 120 Å². The number of aromatic amines is 1. The van der Waals surface area contributed by atoms with Crippen LogP contribution in [-0.4, -0.2) is 9.97 Å². The average Bonchev–Trinajstić information content (AvgIpc) is 3.90. The number of nitrogens with one attached hydrogen (secondary N) is 1. The van der Waals surface area contributed by atoms with Crippen molar-refractivity contribution in [3.05, 3.63) is 127 Å². The Hall–Kier alpha value is -5.01. The maximum atomic E-state index is 6.61. The molecular formula is C39H22N2OS3. The molecule has 0 aliphatic rings. The van der Waals surface area contributed by atoms with Crippen molar-refractivity contribution in [1.82, 2.24) is 9.97 Å². The zero-order chi connectivity index (χ0) is 29.5. The molecule has 10 aromatic rings. The van der Waals surface area contributed by atoms with Crippen LogP contribution in [0.5, 0.6) is 0 Å². The molecule has 0 radical (unpaired) electrons. The number of thiazole rings is 1. The van der Waals surface area contributed by atoms with Crippen LogP contribution in [0.4, 0.5) is 0 Å². The molecule has 0 atom stereocenters. The first-order valence-corrected chi connectivity index (χ1v) is 17.2. The van der Waals surface area contributed by atoms with Crippen molar-refractivity contribution in [1.29, 1.82) is 0 Å². The van der Waals surface area contributed by atoms with Gasteiger partial charge in [-0.3, -0.25) is 0 Å². The van der Waals surface area contributed by atoms with E-state index in [1.54, 1.807) is 11.3 Å². The van der Waals surface area contributed by atoms with Crippen molar-refractivity contribution in [2.24, 2.45) is 0 Å². The molecule has 212 valence electrons. The third-order valence-corrected chi connectivity index (χ3v) is 11.8. The van der Waals surface area contributed by atoms with Crippen LogP contribution in [0, 0.1) is 0 Å². The molecule has 5 aromatic heterocycles. The fraction of sp³-hybridized carbons (Fsp3) is 0. The molecule has 0 amide bonds. The predicted octanol–water partition coefficient (Wildman–Crippen LogP) is 12.6. The smallest absolute Gasteiger partial charge is 0.140 e. The van der Waals surface area contributed by atoms with Gasteiger partial charge in [0.15, 0.2) is 0 Å². The Balaban J connectivity index is 1.34. The van der Waals surface area contributed by atoms with E-state index >= 15 is 0 Å². The molecule has 0 bridgehead atoms. The van der Waals surface area contributed by atoms with Gasteiger partial charge < -0.3 is 9.40 Å². The van der Waals surface area contributed by atoms with Crippen molar-refractivity contribution in [2.45, 2.75) is 0 Å². The number of furan rings is 1. The monoisotopic (exact) mass is 630 g/mol. The lowest BCUT2D eigenvalue weighted by Gasteiger charge is -2.13. The van der Waals surface area contributed by atoms with Gasteiger partial charge in [0.2, 0.25) is 0 Å². The van der Waals surface area contributed by atoms with Gasteiger partial charge in [0.1, 0.15) is 16.4 Å². The fourth-order valence-electron chi connectivity index (χ4n) is 6.38. The number of thiophene rings is 2. The van der Waals surface area contributed by atoms with E-state index in [0.29, 0.717) is 0 Å². The lowest BCUT2D eigenvalue weighted by Crippen LogP contribution is -1.89. The van der Waals surface area contributed by atoms with Crippen LogP contribution in [0.1, 0.15) is 0 Å². The Morgan fingerprint density at radius 1 is 0.533 bits per heavy atom. The zero-order valence-electron chi connectivity index (χ0n) is 23.7. The fourth-order valence-corrected chi connectivity index (χ4v) is 9.61. The Morgan fingerprint density at radius 3 is 1.89 bits per heavy atom. The lowest BCUT2D eigenvalue weighted by molar-refractivity contribution is 0.632. The highest BCUT2D eigenvalue weighted by Crippen LogP contribution is 2.52. The first-order valence-electron chi connectivity index (χ1n) is 14.8. The van der Waals surface area contributed by atoms with E-state index in [0.717, 1.165) is 54.3 Å². The quantitative estimate of drug-likeness (QED) is 0.210. The minimum atomic E-state index is 0.869. The summed E-state index contributed by atoms with van der Waals surface area (Å²) in [5.41, 5.74) is 7.48. The molecule has 0 aliphatic carbocycles. The Kier molecular flexibility index (Phi) is 5.49. The van der Waals surface area contributed by atoms with Crippen molar-refractivity contribution in [3.63, 3.8) is 0 Å². The van der Waals surface area contributed by atoms with Gasteiger partial charge >= 0.3 is 0 Å². The van der Waals surface area contributed by atoms with Gasteiger partial charge in [0.05, 0.1) is 15.9 Å². The molecule has 3 nitrogen and oxygen atoms in total. The van der Waals surface area contributed by atoms with Crippen molar-refractivity contribution < 1.29 is 4.42 Å². The summed E-state index contributed by atoms with van der Waals surface area (Å²) >= 11 is 5.39. The molecular weight excluding hydrogens is 609 g/mol. The standard InChI is InChI=1S/C39H22N2OS3/c1-5-13-27-22(9-1)17-28(40-27)39-41-38-35(45-39)21-26(30-18-23-10-2-6-14-29(23)42-30)36(33-19-24-11-3-7-15-31(24)43-33)37(38)34-20-25-12-4-8-16-32(25)44-34/h1-21,40H. The number of H-pyrrole nitrogens is 1. The summed E-state index contributed by atoms with van der Waals surface area (Å²) in [4.78, 5) is 11.4. The third kappa shape index (κ3) is 4.03. The molecule has 0 spiro atoms. The van der Waals surface area contributed by atoms with Crippen LogP contribution < -0.4 is 0 Å². The second-order valence-electron chi connectivity index (χ2n) is 11.3. The number of aromatic nitrogens is 2. The van der Waals surface area contributed by atoms with E-state index < -0.39 is 0 Å². The molecule has 0 unspecified atom stereocenters. The summed E-state index contributed by atoms with van der Waals surface area (Å²) in [7, 11) is 0. The highest BCUT2D eigenvalue weighted by molar-refractivity contribution is 7.24. The van der Waals surface area contributed by atoms with Gasteiger partial charge in [-0.25, -0.2) is 4.98 Å². The minimum absolute atomic E-state index is 0.869. The molecule has 1 N–H and O–H groups in total.